The van der Waals surface area contributed by atoms with E-state index in [0.29, 0.717) is 0 Å². The van der Waals surface area contributed by atoms with E-state index in [1.807, 2.05) is 0 Å². The number of hydrogen-bond acceptors (Lipinski definition) is 3. The van der Waals surface area contributed by atoms with Gasteiger partial charge in [0.1, 0.15) is 11.9 Å². The molecule has 0 heterocycles. The average Bonchev–Trinajstić information content (AvgIpc) is 2.50. The maximum atomic E-state index is 13.1. The molecule has 0 radical (unpaired) electrons. The van der Waals surface area contributed by atoms with E-state index in [1.54, 1.807) is 13.8 Å². The molecule has 0 saturated carbocycles. The molecule has 0 aliphatic rings. The summed E-state index contributed by atoms with van der Waals surface area (Å²) < 4.78 is 39.0. The lowest BCUT2D eigenvalue weighted by Gasteiger charge is -2.23. The fraction of sp³-hybridized carbons (Fsp3) is 0.467. The van der Waals surface area contributed by atoms with E-state index in [9.17, 15) is 22.8 Å². The number of halogens is 4. The summed E-state index contributed by atoms with van der Waals surface area (Å²) in [6, 6.07) is 3.76. The second-order valence-corrected chi connectivity index (χ2v) is 5.48. The predicted molar refractivity (Wildman–Crippen MR) is 86.8 cm³/mol. The van der Waals surface area contributed by atoms with E-state index < -0.39 is 42.7 Å². The third-order valence-electron chi connectivity index (χ3n) is 3.16. The first-order valence-electron chi connectivity index (χ1n) is 7.08. The Kier molecular flexibility index (Phi) is 8.77. The Morgan fingerprint density at radius 1 is 1.21 bits per heavy atom. The molecule has 9 heteroatoms. The molecule has 0 bridgehead atoms. The summed E-state index contributed by atoms with van der Waals surface area (Å²) in [5, 5.41) is 4.53. The molecule has 1 rings (SSSR count). The summed E-state index contributed by atoms with van der Waals surface area (Å²) in [7, 11) is 0. The Bertz CT molecular complexity index is 553. The third-order valence-corrected chi connectivity index (χ3v) is 3.16. The lowest BCUT2D eigenvalue weighted by Crippen LogP contribution is -2.52. The van der Waals surface area contributed by atoms with Crippen LogP contribution in [-0.4, -0.2) is 36.9 Å². The summed E-state index contributed by atoms with van der Waals surface area (Å²) in [6.07, 6.45) is 0. The van der Waals surface area contributed by atoms with Crippen molar-refractivity contribution in [3.63, 3.8) is 0 Å². The van der Waals surface area contributed by atoms with Crippen LogP contribution in [-0.2, 0) is 4.79 Å². The number of carbonyl (C=O) groups excluding carboxylic acids is 2. The van der Waals surface area contributed by atoms with Crippen LogP contribution in [0.25, 0.3) is 0 Å². The van der Waals surface area contributed by atoms with Crippen molar-refractivity contribution in [3.05, 3.63) is 35.6 Å². The van der Waals surface area contributed by atoms with Gasteiger partial charge in [-0.2, -0.15) is 0 Å². The predicted octanol–water partition coefficient (Wildman–Crippen LogP) is 1.71. The van der Waals surface area contributed by atoms with E-state index in [1.165, 1.54) is 12.1 Å². The number of hydrogen-bond donors (Lipinski definition) is 3. The highest BCUT2D eigenvalue weighted by molar-refractivity contribution is 5.97. The highest BCUT2D eigenvalue weighted by atomic mass is 35.5. The van der Waals surface area contributed by atoms with Crippen molar-refractivity contribution in [1.82, 2.24) is 10.6 Å². The smallest absolute Gasteiger partial charge is 0.277 e. The van der Waals surface area contributed by atoms with Crippen LogP contribution in [0.1, 0.15) is 24.2 Å². The minimum absolute atomic E-state index is 0. The molecule has 1 aromatic carbocycles. The maximum absolute atomic E-state index is 13.1. The van der Waals surface area contributed by atoms with Gasteiger partial charge < -0.3 is 16.4 Å². The van der Waals surface area contributed by atoms with E-state index in [2.05, 4.69) is 10.6 Å². The van der Waals surface area contributed by atoms with Crippen molar-refractivity contribution in [2.75, 3.05) is 13.1 Å². The Hall–Kier alpha value is -1.80. The van der Waals surface area contributed by atoms with Gasteiger partial charge >= 0.3 is 0 Å². The van der Waals surface area contributed by atoms with Gasteiger partial charge in [-0.3, -0.25) is 9.59 Å². The molecular weight excluding hydrogens is 347 g/mol. The first kappa shape index (κ1) is 22.2. The topological polar surface area (TPSA) is 84.2 Å². The molecule has 1 atom stereocenters. The lowest BCUT2D eigenvalue weighted by molar-refractivity contribution is -0.125. The van der Waals surface area contributed by atoms with Crippen molar-refractivity contribution in [2.45, 2.75) is 25.8 Å². The molecule has 0 fully saturated rings. The highest BCUT2D eigenvalue weighted by Gasteiger charge is 2.30. The zero-order valence-corrected chi connectivity index (χ0v) is 14.1. The summed E-state index contributed by atoms with van der Waals surface area (Å²) in [4.78, 5) is 24.1. The molecule has 2 amide bonds. The highest BCUT2D eigenvalue weighted by Crippen LogP contribution is 2.10. The van der Waals surface area contributed by atoms with Crippen LogP contribution >= 0.6 is 12.4 Å². The third kappa shape index (κ3) is 6.76. The number of amides is 2. The van der Waals surface area contributed by atoms with E-state index in [4.69, 9.17) is 5.73 Å². The number of carbonyl (C=O) groups is 2. The van der Waals surface area contributed by atoms with Gasteiger partial charge in [0.2, 0.25) is 5.91 Å². The SMILES string of the molecule is CC(C)C(NC(=O)c1ccc(F)cc1)C(=O)NCC(F)(F)CN.Cl. The molecule has 136 valence electrons. The molecule has 0 aliphatic heterocycles. The van der Waals surface area contributed by atoms with Crippen molar-refractivity contribution < 1.29 is 22.8 Å². The quantitative estimate of drug-likeness (QED) is 0.686. The van der Waals surface area contributed by atoms with E-state index >= 15 is 0 Å². The van der Waals surface area contributed by atoms with E-state index in [0.717, 1.165) is 12.1 Å². The Balaban J connectivity index is 0.00000529. The number of nitrogens with two attached hydrogens (primary N) is 1. The van der Waals surface area contributed by atoms with Crippen LogP contribution in [0.3, 0.4) is 0 Å². The van der Waals surface area contributed by atoms with Crippen LogP contribution in [0.2, 0.25) is 0 Å². The van der Waals surface area contributed by atoms with Crippen LogP contribution in [0.5, 0.6) is 0 Å². The minimum Gasteiger partial charge on any atom is -0.348 e. The molecular formula is C15H21ClF3N3O2. The Labute approximate surface area is 144 Å². The zero-order valence-electron chi connectivity index (χ0n) is 13.3. The molecule has 0 aromatic heterocycles. The summed E-state index contributed by atoms with van der Waals surface area (Å²) in [5.41, 5.74) is 5.06. The van der Waals surface area contributed by atoms with Crippen LogP contribution in [0, 0.1) is 11.7 Å². The number of benzene rings is 1. The monoisotopic (exact) mass is 367 g/mol. The van der Waals surface area contributed by atoms with Gasteiger partial charge in [0, 0.05) is 5.56 Å². The van der Waals surface area contributed by atoms with Gasteiger partial charge in [-0.25, -0.2) is 13.2 Å². The molecule has 5 nitrogen and oxygen atoms in total. The lowest BCUT2D eigenvalue weighted by atomic mass is 10.0. The van der Waals surface area contributed by atoms with Gasteiger partial charge in [-0.15, -0.1) is 12.4 Å². The first-order valence-corrected chi connectivity index (χ1v) is 7.08. The molecule has 0 spiro atoms. The Morgan fingerprint density at radius 3 is 2.21 bits per heavy atom. The number of nitrogens with one attached hydrogen (secondary N) is 2. The molecule has 0 saturated heterocycles. The summed E-state index contributed by atoms with van der Waals surface area (Å²) in [6.45, 7) is 1.53. The largest absolute Gasteiger partial charge is 0.348 e. The van der Waals surface area contributed by atoms with Gasteiger partial charge in [-0.1, -0.05) is 13.8 Å². The van der Waals surface area contributed by atoms with Gasteiger partial charge in [0.25, 0.3) is 11.8 Å². The second-order valence-electron chi connectivity index (χ2n) is 5.48. The Morgan fingerprint density at radius 2 is 1.75 bits per heavy atom. The van der Waals surface area contributed by atoms with Gasteiger partial charge in [0.15, 0.2) is 0 Å². The summed E-state index contributed by atoms with van der Waals surface area (Å²) in [5.74, 6) is -5.36. The molecule has 4 N–H and O–H groups in total. The normalized spacial score (nSPS) is 12.3. The van der Waals surface area contributed by atoms with E-state index in [-0.39, 0.29) is 23.9 Å². The van der Waals surface area contributed by atoms with Crippen LogP contribution in [0.15, 0.2) is 24.3 Å². The van der Waals surface area contributed by atoms with Crippen molar-refractivity contribution in [1.29, 1.82) is 0 Å². The molecule has 24 heavy (non-hydrogen) atoms. The van der Waals surface area contributed by atoms with Crippen LogP contribution in [0.4, 0.5) is 13.2 Å². The van der Waals surface area contributed by atoms with Crippen molar-refractivity contribution in [3.8, 4) is 0 Å². The molecule has 1 aromatic rings. The fourth-order valence-corrected chi connectivity index (χ4v) is 1.76. The maximum Gasteiger partial charge on any atom is 0.277 e. The van der Waals surface area contributed by atoms with Crippen LogP contribution < -0.4 is 16.4 Å². The zero-order chi connectivity index (χ0) is 17.6. The standard InChI is InChI=1S/C15H20F3N3O2.ClH/c1-9(2)12(14(23)20-8-15(17,18)7-19)21-13(22)10-3-5-11(16)6-4-10;/h3-6,9,12H,7-8,19H2,1-2H3,(H,20,23)(H,21,22);1H. The van der Waals surface area contributed by atoms with Crippen molar-refractivity contribution >= 4 is 24.2 Å². The molecule has 1 unspecified atom stereocenters. The first-order chi connectivity index (χ1) is 10.7. The second kappa shape index (κ2) is 9.48. The average molecular weight is 368 g/mol. The number of rotatable bonds is 7. The fourth-order valence-electron chi connectivity index (χ4n) is 1.76. The van der Waals surface area contributed by atoms with Gasteiger partial charge in [-0.05, 0) is 30.2 Å². The minimum atomic E-state index is -3.21. The number of alkyl halides is 2. The van der Waals surface area contributed by atoms with Crippen molar-refractivity contribution in [2.24, 2.45) is 11.7 Å². The van der Waals surface area contributed by atoms with Gasteiger partial charge in [0.05, 0.1) is 13.1 Å². The summed E-state index contributed by atoms with van der Waals surface area (Å²) >= 11 is 0. The molecule has 0 aliphatic carbocycles.